The van der Waals surface area contributed by atoms with Crippen molar-refractivity contribution >= 4 is 11.9 Å². The third-order valence-corrected chi connectivity index (χ3v) is 2.77. The van der Waals surface area contributed by atoms with Crippen molar-refractivity contribution in [1.82, 2.24) is 14.9 Å². The van der Waals surface area contributed by atoms with Crippen LogP contribution in [0.3, 0.4) is 0 Å². The molecule has 0 aromatic carbocycles. The lowest BCUT2D eigenvalue weighted by atomic mass is 10.2. The van der Waals surface area contributed by atoms with Gasteiger partial charge in [-0.2, -0.15) is 0 Å². The molecule has 0 saturated heterocycles. The number of aromatic amines is 2. The van der Waals surface area contributed by atoms with Crippen LogP contribution in [0.15, 0.2) is 15.7 Å². The second kappa shape index (κ2) is 5.09. The van der Waals surface area contributed by atoms with Crippen molar-refractivity contribution < 1.29 is 14.7 Å². The highest BCUT2D eigenvalue weighted by molar-refractivity contribution is 5.83. The van der Waals surface area contributed by atoms with E-state index in [0.29, 0.717) is 0 Å². The molecule has 102 valence electrons. The van der Waals surface area contributed by atoms with Gasteiger partial charge in [0.2, 0.25) is 5.91 Å². The maximum atomic E-state index is 12.0. The van der Waals surface area contributed by atoms with Gasteiger partial charge in [0, 0.05) is 17.8 Å². The summed E-state index contributed by atoms with van der Waals surface area (Å²) in [6.07, 6.45) is 1.37. The molecule has 1 aromatic heterocycles. The lowest BCUT2D eigenvalue weighted by molar-refractivity contribution is -0.144. The first kappa shape index (κ1) is 13.1. The van der Waals surface area contributed by atoms with E-state index in [1.165, 1.54) is 4.90 Å². The third kappa shape index (κ3) is 3.54. The molecule has 0 atom stereocenters. The maximum absolute atomic E-state index is 12.0. The Balaban J connectivity index is 2.12. The zero-order valence-electron chi connectivity index (χ0n) is 10.0. The van der Waals surface area contributed by atoms with Crippen LogP contribution >= 0.6 is 0 Å². The van der Waals surface area contributed by atoms with Crippen molar-refractivity contribution in [3.05, 3.63) is 32.6 Å². The van der Waals surface area contributed by atoms with Gasteiger partial charge >= 0.3 is 11.7 Å². The minimum Gasteiger partial charge on any atom is -0.480 e. The molecule has 8 heteroatoms. The average molecular weight is 267 g/mol. The van der Waals surface area contributed by atoms with Gasteiger partial charge in [0.1, 0.15) is 6.54 Å². The summed E-state index contributed by atoms with van der Waals surface area (Å²) < 4.78 is 0. The fourth-order valence-corrected chi connectivity index (χ4v) is 1.83. The van der Waals surface area contributed by atoms with E-state index < -0.39 is 23.1 Å². The summed E-state index contributed by atoms with van der Waals surface area (Å²) in [6, 6.07) is 1.07. The Morgan fingerprint density at radius 1 is 1.32 bits per heavy atom. The largest absolute Gasteiger partial charge is 0.480 e. The molecule has 1 heterocycles. The number of hydrogen-bond acceptors (Lipinski definition) is 4. The molecule has 1 fully saturated rings. The molecule has 1 aromatic rings. The smallest absolute Gasteiger partial charge is 0.325 e. The number of carboxylic acids is 1. The van der Waals surface area contributed by atoms with Gasteiger partial charge in [-0.15, -0.1) is 0 Å². The number of nitrogens with zero attached hydrogens (tertiary/aromatic N) is 1. The predicted octanol–water partition coefficient (Wildman–Crippen LogP) is -1.32. The molecule has 0 spiro atoms. The van der Waals surface area contributed by atoms with Crippen LogP contribution in [0.25, 0.3) is 0 Å². The summed E-state index contributed by atoms with van der Waals surface area (Å²) in [6.45, 7) is -0.364. The predicted molar refractivity (Wildman–Crippen MR) is 63.8 cm³/mol. The zero-order chi connectivity index (χ0) is 14.0. The van der Waals surface area contributed by atoms with Crippen LogP contribution in [0.2, 0.25) is 0 Å². The maximum Gasteiger partial charge on any atom is 0.325 e. The number of aromatic nitrogens is 2. The van der Waals surface area contributed by atoms with Gasteiger partial charge in [-0.1, -0.05) is 0 Å². The number of carbonyl (C=O) groups excluding carboxylic acids is 1. The molecule has 1 amide bonds. The zero-order valence-corrected chi connectivity index (χ0v) is 10.0. The van der Waals surface area contributed by atoms with Crippen LogP contribution in [0, 0.1) is 0 Å². The van der Waals surface area contributed by atoms with E-state index >= 15 is 0 Å². The van der Waals surface area contributed by atoms with Crippen LogP contribution in [0.4, 0.5) is 0 Å². The number of nitrogens with one attached hydrogen (secondary N) is 2. The molecular formula is C11H13N3O5. The molecule has 0 aliphatic heterocycles. The number of carbonyl (C=O) groups is 2. The lowest BCUT2D eigenvalue weighted by Crippen LogP contribution is -2.39. The Morgan fingerprint density at radius 3 is 2.53 bits per heavy atom. The van der Waals surface area contributed by atoms with Crippen molar-refractivity contribution in [1.29, 1.82) is 0 Å². The van der Waals surface area contributed by atoms with E-state index in [1.54, 1.807) is 0 Å². The lowest BCUT2D eigenvalue weighted by Gasteiger charge is -2.19. The van der Waals surface area contributed by atoms with Gasteiger partial charge in [-0.05, 0) is 12.8 Å². The molecule has 1 aliphatic carbocycles. The summed E-state index contributed by atoms with van der Waals surface area (Å²) in [7, 11) is 0. The molecule has 2 rings (SSSR count). The summed E-state index contributed by atoms with van der Waals surface area (Å²) in [5, 5.41) is 8.76. The highest BCUT2D eigenvalue weighted by Crippen LogP contribution is 2.27. The average Bonchev–Trinajstić information content (AvgIpc) is 3.07. The number of rotatable bonds is 5. The molecule has 0 radical (unpaired) electrons. The van der Waals surface area contributed by atoms with E-state index in [1.807, 2.05) is 4.98 Å². The molecule has 1 saturated carbocycles. The van der Waals surface area contributed by atoms with Crippen LogP contribution in [0.5, 0.6) is 0 Å². The Morgan fingerprint density at radius 2 is 2.00 bits per heavy atom. The Labute approximate surface area is 107 Å². The minimum atomic E-state index is -1.08. The second-order valence-electron chi connectivity index (χ2n) is 4.44. The van der Waals surface area contributed by atoms with E-state index in [9.17, 15) is 19.2 Å². The quantitative estimate of drug-likeness (QED) is 0.610. The van der Waals surface area contributed by atoms with Crippen LogP contribution in [-0.2, 0) is 16.0 Å². The first-order valence-electron chi connectivity index (χ1n) is 5.79. The van der Waals surface area contributed by atoms with Gasteiger partial charge in [-0.3, -0.25) is 19.4 Å². The number of aliphatic carboxylic acids is 1. The molecule has 1 aliphatic rings. The first-order chi connectivity index (χ1) is 8.95. The summed E-state index contributed by atoms with van der Waals surface area (Å²) in [5.74, 6) is -1.49. The van der Waals surface area contributed by atoms with E-state index in [4.69, 9.17) is 5.11 Å². The van der Waals surface area contributed by atoms with Gasteiger partial charge in [0.15, 0.2) is 0 Å². The van der Waals surface area contributed by atoms with Crippen molar-refractivity contribution in [3.8, 4) is 0 Å². The topological polar surface area (TPSA) is 123 Å². The van der Waals surface area contributed by atoms with Gasteiger partial charge < -0.3 is 15.0 Å². The Bertz CT molecular complexity index is 585. The molecule has 8 nitrogen and oxygen atoms in total. The number of carboxylic acid groups (broad SMARTS) is 1. The normalized spacial score (nSPS) is 14.1. The molecule has 0 unspecified atom stereocenters. The summed E-state index contributed by atoms with van der Waals surface area (Å²) in [4.78, 5) is 50.4. The van der Waals surface area contributed by atoms with E-state index in [0.717, 1.165) is 18.9 Å². The van der Waals surface area contributed by atoms with Crippen molar-refractivity contribution in [2.75, 3.05) is 6.54 Å². The van der Waals surface area contributed by atoms with Crippen LogP contribution in [-0.4, -0.2) is 44.4 Å². The SMILES string of the molecule is O=C(O)CN(C(=O)Cc1cc(=O)[nH]c(=O)[nH]1)C1CC1. The van der Waals surface area contributed by atoms with Crippen molar-refractivity contribution in [2.24, 2.45) is 0 Å². The summed E-state index contributed by atoms with van der Waals surface area (Å²) in [5.41, 5.74) is -1.11. The number of hydrogen-bond donors (Lipinski definition) is 3. The van der Waals surface area contributed by atoms with Gasteiger partial charge in [0.05, 0.1) is 6.42 Å². The van der Waals surface area contributed by atoms with Crippen molar-refractivity contribution in [3.63, 3.8) is 0 Å². The second-order valence-corrected chi connectivity index (χ2v) is 4.44. The van der Waals surface area contributed by atoms with Crippen LogP contribution in [0.1, 0.15) is 18.5 Å². The first-order valence-corrected chi connectivity index (χ1v) is 5.79. The monoisotopic (exact) mass is 267 g/mol. The Kier molecular flexibility index (Phi) is 3.50. The number of amides is 1. The van der Waals surface area contributed by atoms with Crippen molar-refractivity contribution in [2.45, 2.75) is 25.3 Å². The number of H-pyrrole nitrogens is 2. The summed E-state index contributed by atoms with van der Waals surface area (Å²) >= 11 is 0. The van der Waals surface area contributed by atoms with Gasteiger partial charge in [-0.25, -0.2) is 4.79 Å². The molecule has 19 heavy (non-hydrogen) atoms. The van der Waals surface area contributed by atoms with Gasteiger partial charge in [0.25, 0.3) is 5.56 Å². The standard InChI is InChI=1S/C11H13N3O5/c15-8-3-6(12-11(19)13-8)4-9(16)14(5-10(17)18)7-1-2-7/h3,7H,1-2,4-5H2,(H,17,18)(H2,12,13,15,19). The third-order valence-electron chi connectivity index (χ3n) is 2.77. The van der Waals surface area contributed by atoms with E-state index in [-0.39, 0.29) is 24.7 Å². The molecule has 3 N–H and O–H groups in total. The molecular weight excluding hydrogens is 254 g/mol. The highest BCUT2D eigenvalue weighted by atomic mass is 16.4. The highest BCUT2D eigenvalue weighted by Gasteiger charge is 2.33. The fourth-order valence-electron chi connectivity index (χ4n) is 1.83. The molecule has 0 bridgehead atoms. The minimum absolute atomic E-state index is 0.0441. The van der Waals surface area contributed by atoms with Crippen LogP contribution < -0.4 is 11.2 Å². The van der Waals surface area contributed by atoms with E-state index in [2.05, 4.69) is 4.98 Å². The Hall–Kier alpha value is -2.38. The fraction of sp³-hybridized carbons (Fsp3) is 0.455.